The lowest BCUT2D eigenvalue weighted by Crippen LogP contribution is -2.41. The molecule has 0 radical (unpaired) electrons. The lowest BCUT2D eigenvalue weighted by Gasteiger charge is -2.33. The van der Waals surface area contributed by atoms with E-state index in [1.165, 1.54) is 12.5 Å². The van der Waals surface area contributed by atoms with E-state index in [1.807, 2.05) is 0 Å². The number of aromatic amines is 1. The van der Waals surface area contributed by atoms with E-state index in [0.717, 1.165) is 17.4 Å². The summed E-state index contributed by atoms with van der Waals surface area (Å²) in [5.41, 5.74) is -0.492. The summed E-state index contributed by atoms with van der Waals surface area (Å²) in [6, 6.07) is -0.325. The Morgan fingerprint density at radius 3 is 3.04 bits per heavy atom. The maximum Gasteiger partial charge on any atom is 0.286 e. The third-order valence-electron chi connectivity index (χ3n) is 4.13. The number of hydrogen-bond donors (Lipinski definition) is 1. The monoisotopic (exact) mass is 329 g/mol. The van der Waals surface area contributed by atoms with Crippen molar-refractivity contribution in [3.8, 4) is 0 Å². The Morgan fingerprint density at radius 1 is 1.38 bits per heavy atom. The molecule has 4 rings (SSSR count). The van der Waals surface area contributed by atoms with Crippen molar-refractivity contribution in [2.75, 3.05) is 6.54 Å². The molecule has 1 saturated heterocycles. The summed E-state index contributed by atoms with van der Waals surface area (Å²) >= 11 is 0. The van der Waals surface area contributed by atoms with Gasteiger partial charge < -0.3 is 9.42 Å². The Hall–Kier alpha value is -3.04. The molecule has 1 unspecified atom stereocenters. The van der Waals surface area contributed by atoms with Crippen LogP contribution in [0.3, 0.4) is 0 Å². The second kappa shape index (κ2) is 5.55. The van der Waals surface area contributed by atoms with Crippen LogP contribution in [0.5, 0.6) is 0 Å². The van der Waals surface area contributed by atoms with Gasteiger partial charge in [-0.15, -0.1) is 0 Å². The second-order valence-electron chi connectivity index (χ2n) is 5.69. The minimum Gasteiger partial charge on any atom is -0.337 e. The van der Waals surface area contributed by atoms with Gasteiger partial charge in [0.25, 0.3) is 17.2 Å². The van der Waals surface area contributed by atoms with Gasteiger partial charge in [-0.1, -0.05) is 5.16 Å². The van der Waals surface area contributed by atoms with Crippen LogP contribution in [-0.2, 0) is 0 Å². The third-order valence-corrected chi connectivity index (χ3v) is 4.13. The van der Waals surface area contributed by atoms with Crippen LogP contribution in [0, 0.1) is 6.92 Å². The van der Waals surface area contributed by atoms with Gasteiger partial charge in [0.05, 0.1) is 0 Å². The maximum atomic E-state index is 12.9. The molecule has 1 amide bonds. The fourth-order valence-corrected chi connectivity index (χ4v) is 2.98. The van der Waals surface area contributed by atoms with E-state index >= 15 is 0 Å². The van der Waals surface area contributed by atoms with Crippen LogP contribution < -0.4 is 5.56 Å². The van der Waals surface area contributed by atoms with Gasteiger partial charge >= 0.3 is 0 Å². The Labute approximate surface area is 135 Å². The highest BCUT2D eigenvalue weighted by atomic mass is 16.5. The molecule has 1 fully saturated rings. The molecule has 1 N–H and O–H groups in total. The molecule has 0 saturated carbocycles. The lowest BCUT2D eigenvalue weighted by molar-refractivity contribution is 0.0558. The van der Waals surface area contributed by atoms with Gasteiger partial charge in [-0.2, -0.15) is 9.50 Å². The molecule has 3 aromatic heterocycles. The number of piperidine rings is 1. The number of likely N-dealkylation sites (tertiary alicyclic amines) is 1. The molecule has 1 aliphatic rings. The number of aryl methyl sites for hydroxylation is 1. The number of rotatable bonds is 2. The first kappa shape index (κ1) is 14.5. The fourth-order valence-electron chi connectivity index (χ4n) is 2.98. The molecule has 0 aliphatic carbocycles. The molecule has 10 nitrogen and oxygen atoms in total. The van der Waals surface area contributed by atoms with Crippen molar-refractivity contribution >= 4 is 11.7 Å². The highest BCUT2D eigenvalue weighted by molar-refractivity contribution is 5.94. The average Bonchev–Trinajstić information content (AvgIpc) is 3.24. The number of nitrogens with zero attached hydrogens (tertiary/aromatic N) is 6. The number of fused-ring (bicyclic) bond motifs is 1. The molecule has 1 aliphatic heterocycles. The molecule has 1 atom stereocenters. The maximum absolute atomic E-state index is 12.9. The summed E-state index contributed by atoms with van der Waals surface area (Å²) in [7, 11) is 0. The topological polar surface area (TPSA) is 122 Å². The molecule has 0 bridgehead atoms. The number of hydrogen-bond acceptors (Lipinski definition) is 7. The van der Waals surface area contributed by atoms with Crippen LogP contribution in [-0.4, -0.2) is 47.1 Å². The van der Waals surface area contributed by atoms with Gasteiger partial charge in [0, 0.05) is 12.7 Å². The summed E-state index contributed by atoms with van der Waals surface area (Å²) in [4.78, 5) is 39.2. The van der Waals surface area contributed by atoms with E-state index in [9.17, 15) is 9.59 Å². The minimum absolute atomic E-state index is 0.0140. The zero-order chi connectivity index (χ0) is 16.7. The number of aromatic nitrogens is 6. The largest absolute Gasteiger partial charge is 0.337 e. The van der Waals surface area contributed by atoms with Gasteiger partial charge in [0.15, 0.2) is 5.82 Å². The van der Waals surface area contributed by atoms with Crippen molar-refractivity contribution < 1.29 is 9.32 Å². The van der Waals surface area contributed by atoms with E-state index in [-0.39, 0.29) is 17.4 Å². The SMILES string of the molecule is Cc1noc(C2CCCCN2C(=O)c2cnc3nc[nH]n3c2=O)n1. The molecule has 3 aromatic rings. The quantitative estimate of drug-likeness (QED) is 0.725. The fraction of sp³-hybridized carbons (Fsp3) is 0.429. The van der Waals surface area contributed by atoms with Crippen molar-refractivity contribution in [1.29, 1.82) is 0 Å². The lowest BCUT2D eigenvalue weighted by atomic mass is 10.0. The zero-order valence-corrected chi connectivity index (χ0v) is 13.0. The van der Waals surface area contributed by atoms with Gasteiger partial charge in [0.2, 0.25) is 5.89 Å². The zero-order valence-electron chi connectivity index (χ0n) is 13.0. The van der Waals surface area contributed by atoms with Crippen molar-refractivity contribution in [2.24, 2.45) is 0 Å². The summed E-state index contributed by atoms with van der Waals surface area (Å²) in [6.07, 6.45) is 5.14. The van der Waals surface area contributed by atoms with Crippen molar-refractivity contribution in [2.45, 2.75) is 32.2 Å². The number of H-pyrrole nitrogens is 1. The Morgan fingerprint density at radius 2 is 2.25 bits per heavy atom. The van der Waals surface area contributed by atoms with Crippen LogP contribution in [0.2, 0.25) is 0 Å². The summed E-state index contributed by atoms with van der Waals surface area (Å²) < 4.78 is 6.38. The molecule has 0 spiro atoms. The Kier molecular flexibility index (Phi) is 3.36. The first-order chi connectivity index (χ1) is 11.6. The van der Waals surface area contributed by atoms with Crippen LogP contribution in [0.25, 0.3) is 5.78 Å². The van der Waals surface area contributed by atoms with Crippen LogP contribution in [0.4, 0.5) is 0 Å². The first-order valence-corrected chi connectivity index (χ1v) is 7.67. The first-order valence-electron chi connectivity index (χ1n) is 7.67. The molecule has 24 heavy (non-hydrogen) atoms. The normalized spacial score (nSPS) is 18.2. The van der Waals surface area contributed by atoms with E-state index < -0.39 is 11.5 Å². The van der Waals surface area contributed by atoms with Crippen molar-refractivity contribution in [3.63, 3.8) is 0 Å². The minimum atomic E-state index is -0.478. The summed E-state index contributed by atoms with van der Waals surface area (Å²) in [6.45, 7) is 2.25. The molecular formula is C14H15N7O3. The highest BCUT2D eigenvalue weighted by Crippen LogP contribution is 2.30. The second-order valence-corrected chi connectivity index (χ2v) is 5.69. The molecule has 124 valence electrons. The van der Waals surface area contributed by atoms with Gasteiger partial charge in [-0.05, 0) is 26.2 Å². The third kappa shape index (κ3) is 2.27. The highest BCUT2D eigenvalue weighted by Gasteiger charge is 2.33. The Balaban J connectivity index is 1.73. The van der Waals surface area contributed by atoms with Crippen LogP contribution in [0.15, 0.2) is 21.8 Å². The van der Waals surface area contributed by atoms with Crippen LogP contribution in [0.1, 0.15) is 47.4 Å². The summed E-state index contributed by atoms with van der Waals surface area (Å²) in [5, 5.41) is 6.45. The summed E-state index contributed by atoms with van der Waals surface area (Å²) in [5.74, 6) is 0.746. The van der Waals surface area contributed by atoms with Gasteiger partial charge in [-0.25, -0.2) is 9.97 Å². The van der Waals surface area contributed by atoms with Gasteiger partial charge in [0.1, 0.15) is 17.9 Å². The van der Waals surface area contributed by atoms with Gasteiger partial charge in [-0.3, -0.25) is 14.7 Å². The van der Waals surface area contributed by atoms with Crippen LogP contribution >= 0.6 is 0 Å². The number of amides is 1. The van der Waals surface area contributed by atoms with E-state index in [2.05, 4.69) is 25.2 Å². The molecule has 4 heterocycles. The predicted octanol–water partition coefficient (Wildman–Crippen LogP) is 0.476. The van der Waals surface area contributed by atoms with E-state index in [0.29, 0.717) is 24.7 Å². The average molecular weight is 329 g/mol. The standard InChI is InChI=1S/C14H15N7O3/c1-8-18-11(24-19-8)10-4-2-3-5-20(10)12(22)9-6-15-14-16-7-17-21(14)13(9)23/h6-7,10H,2-5H2,1H3,(H,15,16,17). The Bertz CT molecular complexity index is 957. The number of carbonyl (C=O) groups excluding carboxylic acids is 1. The van der Waals surface area contributed by atoms with E-state index in [4.69, 9.17) is 4.52 Å². The smallest absolute Gasteiger partial charge is 0.286 e. The predicted molar refractivity (Wildman–Crippen MR) is 80.3 cm³/mol. The van der Waals surface area contributed by atoms with Crippen molar-refractivity contribution in [1.82, 2.24) is 34.6 Å². The molecular weight excluding hydrogens is 314 g/mol. The molecule has 0 aromatic carbocycles. The van der Waals surface area contributed by atoms with E-state index in [1.54, 1.807) is 11.8 Å². The molecule has 10 heteroatoms. The number of carbonyl (C=O) groups is 1. The van der Waals surface area contributed by atoms with Crippen molar-refractivity contribution in [3.05, 3.63) is 40.2 Å². The number of nitrogens with one attached hydrogen (secondary N) is 1.